The van der Waals surface area contributed by atoms with Gasteiger partial charge in [-0.15, -0.1) is 11.8 Å². The largest absolute Gasteiger partial charge is 0.447 e. The maximum Gasteiger partial charge on any atom is 0.411 e. The number of unbranched alkanes of at least 4 members (excludes halogenated alkanes) is 9. The van der Waals surface area contributed by atoms with Gasteiger partial charge in [0.2, 0.25) is 11.8 Å². The fourth-order valence-corrected chi connectivity index (χ4v) is 6.82. The average Bonchev–Trinajstić information content (AvgIpc) is 3.38. The minimum absolute atomic E-state index is 0.0575. The van der Waals surface area contributed by atoms with Gasteiger partial charge in [-0.1, -0.05) is 95.0 Å². The van der Waals surface area contributed by atoms with E-state index in [0.717, 1.165) is 36.6 Å². The number of aliphatic hydroxyl groups excluding tert-OH is 3. The van der Waals surface area contributed by atoms with Crippen LogP contribution in [-0.4, -0.2) is 92.8 Å². The van der Waals surface area contributed by atoms with Gasteiger partial charge in [-0.3, -0.25) is 14.5 Å². The summed E-state index contributed by atoms with van der Waals surface area (Å²) >= 11 is 1.07. The third kappa shape index (κ3) is 10.4. The highest BCUT2D eigenvalue weighted by molar-refractivity contribution is 8.00. The molecule has 6 atom stereocenters. The number of nitrogens with zero attached hydrogens (tertiary/aromatic N) is 1. The Labute approximate surface area is 254 Å². The number of thioether (sulfide) groups is 1. The van der Waals surface area contributed by atoms with E-state index in [9.17, 15) is 29.7 Å². The van der Waals surface area contributed by atoms with Gasteiger partial charge >= 0.3 is 6.09 Å². The fraction of sp³-hybridized carbons (Fsp3) is 0.710. The van der Waals surface area contributed by atoms with Crippen LogP contribution in [0.2, 0.25) is 0 Å². The first kappa shape index (κ1) is 34.2. The first-order chi connectivity index (χ1) is 20.3. The van der Waals surface area contributed by atoms with E-state index in [1.165, 1.54) is 49.8 Å². The van der Waals surface area contributed by atoms with Crippen LogP contribution < -0.4 is 10.6 Å². The second-order valence-electron chi connectivity index (χ2n) is 11.3. The van der Waals surface area contributed by atoms with Crippen molar-refractivity contribution >= 4 is 29.7 Å². The van der Waals surface area contributed by atoms with Gasteiger partial charge in [0.05, 0.1) is 6.04 Å². The van der Waals surface area contributed by atoms with E-state index in [0.29, 0.717) is 13.0 Å². The van der Waals surface area contributed by atoms with Crippen LogP contribution in [0.5, 0.6) is 0 Å². The number of carbonyl (C=O) groups excluding carboxylic acids is 3. The number of aliphatic hydroxyl groups is 3. The lowest BCUT2D eigenvalue weighted by molar-refractivity contribution is -0.128. The van der Waals surface area contributed by atoms with E-state index in [2.05, 4.69) is 17.6 Å². The number of rotatable bonds is 19. The molecule has 5 N–H and O–H groups in total. The maximum atomic E-state index is 13.2. The molecule has 2 saturated heterocycles. The molecule has 1 aromatic carbocycles. The monoisotopic (exact) mass is 607 g/mol. The topological polar surface area (TPSA) is 148 Å². The lowest BCUT2D eigenvalue weighted by Gasteiger charge is -2.44. The average molecular weight is 608 g/mol. The van der Waals surface area contributed by atoms with Gasteiger partial charge in [0.1, 0.15) is 36.3 Å². The highest BCUT2D eigenvalue weighted by Gasteiger charge is 2.54. The molecular weight excluding hydrogens is 558 g/mol. The molecule has 0 bridgehead atoms. The van der Waals surface area contributed by atoms with Crippen molar-refractivity contribution in [3.05, 3.63) is 35.9 Å². The quantitative estimate of drug-likeness (QED) is 0.151. The van der Waals surface area contributed by atoms with Gasteiger partial charge in [-0.2, -0.15) is 0 Å². The Morgan fingerprint density at radius 2 is 1.60 bits per heavy atom. The van der Waals surface area contributed by atoms with Crippen molar-refractivity contribution in [2.75, 3.05) is 18.9 Å². The predicted octanol–water partition coefficient (Wildman–Crippen LogP) is 3.12. The summed E-state index contributed by atoms with van der Waals surface area (Å²) in [6.07, 6.45) is 7.66. The number of fused-ring (bicyclic) bond motifs is 1. The lowest BCUT2D eigenvalue weighted by Crippen LogP contribution is -2.64. The van der Waals surface area contributed by atoms with Crippen molar-refractivity contribution in [1.82, 2.24) is 15.5 Å². The molecule has 11 heteroatoms. The number of benzene rings is 1. The minimum atomic E-state index is -1.47. The van der Waals surface area contributed by atoms with Gasteiger partial charge in [0, 0.05) is 18.7 Å². The van der Waals surface area contributed by atoms with E-state index in [1.807, 2.05) is 30.3 Å². The maximum absolute atomic E-state index is 13.2. The molecule has 236 valence electrons. The van der Waals surface area contributed by atoms with Crippen molar-refractivity contribution < 1.29 is 34.4 Å². The SMILES string of the molecule is CCCCCCCCCCCCNC(=O)[C@H](CS[C@@H]1C(O)C(O)[C@H](O)C2COC(=O)N21)NC(=O)CCc1ccccc1. The molecule has 2 aliphatic heterocycles. The summed E-state index contributed by atoms with van der Waals surface area (Å²) in [5.74, 6) is -0.559. The van der Waals surface area contributed by atoms with E-state index >= 15 is 0 Å². The number of hydrogen-bond donors (Lipinski definition) is 5. The summed E-state index contributed by atoms with van der Waals surface area (Å²) in [4.78, 5) is 39.6. The normalized spacial score (nSPS) is 24.1. The molecule has 3 amide bonds. The van der Waals surface area contributed by atoms with Crippen LogP contribution in [-0.2, 0) is 20.7 Å². The summed E-state index contributed by atoms with van der Waals surface area (Å²) in [6, 6.07) is 7.90. The number of cyclic esters (lactones) is 1. The zero-order valence-electron chi connectivity index (χ0n) is 24.8. The number of carbonyl (C=O) groups is 3. The molecule has 0 aliphatic carbocycles. The van der Waals surface area contributed by atoms with E-state index in [4.69, 9.17) is 4.74 Å². The van der Waals surface area contributed by atoms with Crippen molar-refractivity contribution in [3.63, 3.8) is 0 Å². The Bertz CT molecular complexity index is 969. The highest BCUT2D eigenvalue weighted by Crippen LogP contribution is 2.35. The van der Waals surface area contributed by atoms with Gasteiger partial charge in [-0.25, -0.2) is 4.79 Å². The van der Waals surface area contributed by atoms with Crippen molar-refractivity contribution in [2.24, 2.45) is 0 Å². The first-order valence-electron chi connectivity index (χ1n) is 15.5. The molecule has 10 nitrogen and oxygen atoms in total. The second kappa shape index (κ2) is 18.4. The molecule has 2 aliphatic rings. The Morgan fingerprint density at radius 1 is 0.952 bits per heavy atom. The number of piperidine rings is 1. The minimum Gasteiger partial charge on any atom is -0.447 e. The third-order valence-electron chi connectivity index (χ3n) is 8.00. The molecule has 1 aromatic rings. The Kier molecular flexibility index (Phi) is 14.9. The number of nitrogens with one attached hydrogen (secondary N) is 2. The number of aryl methyl sites for hydroxylation is 1. The fourth-order valence-electron chi connectivity index (χ4n) is 5.44. The van der Waals surface area contributed by atoms with Crippen LogP contribution >= 0.6 is 11.8 Å². The zero-order valence-corrected chi connectivity index (χ0v) is 25.6. The molecular formula is C31H49N3O7S. The van der Waals surface area contributed by atoms with Crippen LogP contribution in [0.15, 0.2) is 30.3 Å². The molecule has 3 rings (SSSR count). The Morgan fingerprint density at radius 3 is 2.26 bits per heavy atom. The molecule has 42 heavy (non-hydrogen) atoms. The standard InChI is InChI=1S/C31H49N3O7S/c1-2-3-4-5-6-7-8-9-10-14-19-32-29(39)23(33-25(35)18-17-22-15-12-11-13-16-22)21-42-30-28(38)27(37)26(36)24-20-41-31(40)34(24)30/h11-13,15-16,23-24,26-28,30,36-38H,2-10,14,17-21H2,1H3,(H,32,39)(H,33,35)/t23-,24?,26+,27?,28?,30+/m0/s1. The Balaban J connectivity index is 1.50. The van der Waals surface area contributed by atoms with Gasteiger partial charge in [-0.05, 0) is 18.4 Å². The summed E-state index contributed by atoms with van der Waals surface area (Å²) in [6.45, 7) is 2.62. The summed E-state index contributed by atoms with van der Waals surface area (Å²) in [5, 5.41) is 36.1. The molecule has 0 saturated carbocycles. The molecule has 0 aromatic heterocycles. The highest BCUT2D eigenvalue weighted by atomic mass is 32.2. The van der Waals surface area contributed by atoms with E-state index < -0.39 is 41.9 Å². The van der Waals surface area contributed by atoms with Gasteiger partial charge in [0.25, 0.3) is 0 Å². The van der Waals surface area contributed by atoms with Crippen LogP contribution in [0.1, 0.15) is 83.1 Å². The van der Waals surface area contributed by atoms with Crippen LogP contribution in [0, 0.1) is 0 Å². The molecule has 2 heterocycles. The molecule has 3 unspecified atom stereocenters. The lowest BCUT2D eigenvalue weighted by atomic mass is 9.95. The molecule has 0 spiro atoms. The third-order valence-corrected chi connectivity index (χ3v) is 9.38. The smallest absolute Gasteiger partial charge is 0.411 e. The van der Waals surface area contributed by atoms with Crippen molar-refractivity contribution in [2.45, 2.75) is 120 Å². The summed E-state index contributed by atoms with van der Waals surface area (Å²) in [7, 11) is 0. The predicted molar refractivity (Wildman–Crippen MR) is 163 cm³/mol. The van der Waals surface area contributed by atoms with Gasteiger partial charge in [0.15, 0.2) is 0 Å². The number of ether oxygens (including phenoxy) is 1. The summed E-state index contributed by atoms with van der Waals surface area (Å²) < 4.78 is 5.05. The number of amides is 3. The van der Waals surface area contributed by atoms with Gasteiger partial charge < -0.3 is 30.7 Å². The van der Waals surface area contributed by atoms with E-state index in [1.54, 1.807) is 0 Å². The second-order valence-corrected chi connectivity index (χ2v) is 12.5. The van der Waals surface area contributed by atoms with Crippen LogP contribution in [0.25, 0.3) is 0 Å². The number of hydrogen-bond acceptors (Lipinski definition) is 8. The van der Waals surface area contributed by atoms with Crippen LogP contribution in [0.3, 0.4) is 0 Å². The van der Waals surface area contributed by atoms with E-state index in [-0.39, 0.29) is 30.6 Å². The van der Waals surface area contributed by atoms with Crippen LogP contribution in [0.4, 0.5) is 4.79 Å². The van der Waals surface area contributed by atoms with Crippen molar-refractivity contribution in [3.8, 4) is 0 Å². The zero-order chi connectivity index (χ0) is 30.3. The molecule has 0 radical (unpaired) electrons. The van der Waals surface area contributed by atoms with Crippen molar-refractivity contribution in [1.29, 1.82) is 0 Å². The Hall–Kier alpha value is -2.34. The summed E-state index contributed by atoms with van der Waals surface area (Å²) in [5.41, 5.74) is 1.01. The first-order valence-corrected chi connectivity index (χ1v) is 16.6. The molecule has 2 fully saturated rings.